The average molecular weight is 371 g/mol. The number of ether oxygens (including phenoxy) is 2. The zero-order valence-electron chi connectivity index (χ0n) is 15.9. The Bertz CT molecular complexity index is 773. The predicted octanol–water partition coefficient (Wildman–Crippen LogP) is 2.02. The number of amides is 1. The third kappa shape index (κ3) is 4.46. The number of hydrogen-bond donors (Lipinski definition) is 1. The highest BCUT2D eigenvalue weighted by Gasteiger charge is 2.21. The lowest BCUT2D eigenvalue weighted by Gasteiger charge is -2.33. The molecule has 3 rings (SSSR count). The second kappa shape index (κ2) is 8.68. The monoisotopic (exact) mass is 371 g/mol. The number of nitrogens with zero attached hydrogens (tertiary/aromatic N) is 4. The Balaban J connectivity index is 1.66. The molecule has 8 heteroatoms. The van der Waals surface area contributed by atoms with Gasteiger partial charge in [0.05, 0.1) is 25.5 Å². The fourth-order valence-electron chi connectivity index (χ4n) is 2.98. The number of likely N-dealkylation sites (N-methyl/N-ethyl adjacent to an activating group) is 1. The molecule has 1 aromatic carbocycles. The van der Waals surface area contributed by atoms with Crippen molar-refractivity contribution in [1.29, 1.82) is 0 Å². The van der Waals surface area contributed by atoms with Gasteiger partial charge in [-0.15, -0.1) is 0 Å². The first-order chi connectivity index (χ1) is 13.1. The number of piperazine rings is 1. The summed E-state index contributed by atoms with van der Waals surface area (Å²) in [6.07, 6.45) is 3.11. The van der Waals surface area contributed by atoms with Gasteiger partial charge in [0.1, 0.15) is 11.5 Å². The van der Waals surface area contributed by atoms with Gasteiger partial charge in [-0.25, -0.2) is 9.97 Å². The maximum Gasteiger partial charge on any atom is 0.257 e. The molecule has 27 heavy (non-hydrogen) atoms. The van der Waals surface area contributed by atoms with Gasteiger partial charge in [0, 0.05) is 44.6 Å². The van der Waals surface area contributed by atoms with Crippen molar-refractivity contribution in [3.8, 4) is 11.5 Å². The van der Waals surface area contributed by atoms with Crippen molar-refractivity contribution in [2.45, 2.75) is 6.92 Å². The molecule has 1 amide bonds. The fourth-order valence-corrected chi connectivity index (χ4v) is 2.98. The molecule has 144 valence electrons. The molecule has 1 aromatic heterocycles. The van der Waals surface area contributed by atoms with Gasteiger partial charge in [-0.05, 0) is 18.7 Å². The first kappa shape index (κ1) is 18.9. The van der Waals surface area contributed by atoms with Gasteiger partial charge in [0.25, 0.3) is 5.91 Å². The van der Waals surface area contributed by atoms with Crippen LogP contribution in [0.4, 0.5) is 11.6 Å². The Hall–Kier alpha value is -2.87. The van der Waals surface area contributed by atoms with Gasteiger partial charge < -0.3 is 24.6 Å². The second-order valence-corrected chi connectivity index (χ2v) is 6.21. The maximum absolute atomic E-state index is 12.6. The summed E-state index contributed by atoms with van der Waals surface area (Å²) in [7, 11) is 3.18. The number of carbonyl (C=O) groups is 1. The van der Waals surface area contributed by atoms with Crippen LogP contribution in [0.5, 0.6) is 11.5 Å². The van der Waals surface area contributed by atoms with Gasteiger partial charge in [0.15, 0.2) is 0 Å². The Kier molecular flexibility index (Phi) is 6.08. The molecule has 2 heterocycles. The van der Waals surface area contributed by atoms with Gasteiger partial charge >= 0.3 is 0 Å². The van der Waals surface area contributed by atoms with Gasteiger partial charge in [-0.2, -0.15) is 0 Å². The number of benzene rings is 1. The predicted molar refractivity (Wildman–Crippen MR) is 103 cm³/mol. The molecule has 1 fully saturated rings. The molecule has 2 aromatic rings. The number of nitrogens with one attached hydrogen (secondary N) is 1. The molecule has 1 N–H and O–H groups in total. The highest BCUT2D eigenvalue weighted by Crippen LogP contribution is 2.30. The molecule has 0 spiro atoms. The van der Waals surface area contributed by atoms with Crippen LogP contribution in [0.15, 0.2) is 30.6 Å². The van der Waals surface area contributed by atoms with E-state index in [4.69, 9.17) is 9.47 Å². The van der Waals surface area contributed by atoms with Crippen LogP contribution in [-0.4, -0.2) is 72.6 Å². The fraction of sp³-hybridized carbons (Fsp3) is 0.421. The second-order valence-electron chi connectivity index (χ2n) is 6.21. The molecule has 0 atom stereocenters. The van der Waals surface area contributed by atoms with Gasteiger partial charge in [-0.1, -0.05) is 6.92 Å². The van der Waals surface area contributed by atoms with Crippen molar-refractivity contribution in [2.75, 3.05) is 52.3 Å². The normalized spacial score (nSPS) is 14.7. The summed E-state index contributed by atoms with van der Waals surface area (Å²) < 4.78 is 10.5. The van der Waals surface area contributed by atoms with E-state index in [-0.39, 0.29) is 5.91 Å². The van der Waals surface area contributed by atoms with E-state index in [1.165, 1.54) is 0 Å². The van der Waals surface area contributed by atoms with Crippen molar-refractivity contribution in [3.05, 3.63) is 36.2 Å². The Labute approximate surface area is 159 Å². The van der Waals surface area contributed by atoms with Crippen LogP contribution < -0.4 is 14.8 Å². The van der Waals surface area contributed by atoms with E-state index in [0.717, 1.165) is 32.7 Å². The zero-order chi connectivity index (χ0) is 19.2. The number of carbonyl (C=O) groups excluding carboxylic acids is 1. The van der Waals surface area contributed by atoms with Gasteiger partial charge in [-0.3, -0.25) is 4.79 Å². The summed E-state index contributed by atoms with van der Waals surface area (Å²) in [6, 6.07) is 5.42. The van der Waals surface area contributed by atoms with Gasteiger partial charge in [0.2, 0.25) is 5.95 Å². The summed E-state index contributed by atoms with van der Waals surface area (Å²) in [4.78, 5) is 25.3. The molecule has 1 aliphatic heterocycles. The highest BCUT2D eigenvalue weighted by atomic mass is 16.5. The third-order valence-corrected chi connectivity index (χ3v) is 4.66. The minimum Gasteiger partial charge on any atom is -0.497 e. The van der Waals surface area contributed by atoms with E-state index in [0.29, 0.717) is 28.7 Å². The van der Waals surface area contributed by atoms with E-state index in [1.54, 1.807) is 32.7 Å². The molecule has 0 radical (unpaired) electrons. The topological polar surface area (TPSA) is 79.8 Å². The molecule has 0 unspecified atom stereocenters. The van der Waals surface area contributed by atoms with E-state index < -0.39 is 0 Å². The van der Waals surface area contributed by atoms with Crippen LogP contribution in [0.3, 0.4) is 0 Å². The Morgan fingerprint density at radius 2 is 1.81 bits per heavy atom. The smallest absolute Gasteiger partial charge is 0.257 e. The third-order valence-electron chi connectivity index (χ3n) is 4.66. The summed E-state index contributed by atoms with van der Waals surface area (Å²) in [5.41, 5.74) is 1.21. The SMILES string of the molecule is CCN1CCN(C(=O)c2cnc(Nc3ccc(OC)cc3OC)nc2)CC1. The lowest BCUT2D eigenvalue weighted by molar-refractivity contribution is 0.0642. The summed E-state index contributed by atoms with van der Waals surface area (Å²) in [6.45, 7) is 6.42. The molecular formula is C19H25N5O3. The number of methoxy groups -OCH3 is 2. The number of rotatable bonds is 6. The first-order valence-corrected chi connectivity index (χ1v) is 8.97. The van der Waals surface area contributed by atoms with Crippen LogP contribution in [0.25, 0.3) is 0 Å². The Morgan fingerprint density at radius 3 is 2.41 bits per heavy atom. The van der Waals surface area contributed by atoms with Crippen molar-refractivity contribution >= 4 is 17.5 Å². The molecule has 0 aliphatic carbocycles. The summed E-state index contributed by atoms with van der Waals surface area (Å²) in [5.74, 6) is 1.68. The first-order valence-electron chi connectivity index (χ1n) is 8.97. The largest absolute Gasteiger partial charge is 0.497 e. The maximum atomic E-state index is 12.6. The van der Waals surface area contributed by atoms with Crippen molar-refractivity contribution in [3.63, 3.8) is 0 Å². The molecule has 8 nitrogen and oxygen atoms in total. The summed E-state index contributed by atoms with van der Waals surface area (Å²) >= 11 is 0. The quantitative estimate of drug-likeness (QED) is 0.832. The molecule has 1 saturated heterocycles. The van der Waals surface area contributed by atoms with Crippen LogP contribution in [0.2, 0.25) is 0 Å². The highest BCUT2D eigenvalue weighted by molar-refractivity contribution is 5.93. The van der Waals surface area contributed by atoms with Crippen LogP contribution >= 0.6 is 0 Å². The molecule has 1 aliphatic rings. The molecule has 0 bridgehead atoms. The van der Waals surface area contributed by atoms with Crippen LogP contribution in [0.1, 0.15) is 17.3 Å². The van der Waals surface area contributed by atoms with E-state index in [9.17, 15) is 4.79 Å². The van der Waals surface area contributed by atoms with Crippen molar-refractivity contribution in [2.24, 2.45) is 0 Å². The average Bonchev–Trinajstić information content (AvgIpc) is 2.74. The zero-order valence-corrected chi connectivity index (χ0v) is 15.9. The Morgan fingerprint density at radius 1 is 1.11 bits per heavy atom. The summed E-state index contributed by atoms with van der Waals surface area (Å²) in [5, 5.41) is 3.10. The van der Waals surface area contributed by atoms with Crippen LogP contribution in [0, 0.1) is 0 Å². The molecule has 0 saturated carbocycles. The van der Waals surface area contributed by atoms with Crippen LogP contribution in [-0.2, 0) is 0 Å². The number of anilines is 2. The minimum absolute atomic E-state index is 0.0284. The molecular weight excluding hydrogens is 346 g/mol. The lowest BCUT2D eigenvalue weighted by Crippen LogP contribution is -2.48. The number of aromatic nitrogens is 2. The van der Waals surface area contributed by atoms with Crippen molar-refractivity contribution in [1.82, 2.24) is 19.8 Å². The van der Waals surface area contributed by atoms with E-state index in [2.05, 4.69) is 27.1 Å². The van der Waals surface area contributed by atoms with E-state index in [1.807, 2.05) is 17.0 Å². The lowest BCUT2D eigenvalue weighted by atomic mass is 10.2. The van der Waals surface area contributed by atoms with E-state index >= 15 is 0 Å². The minimum atomic E-state index is -0.0284. The number of hydrogen-bond acceptors (Lipinski definition) is 7. The standard InChI is InChI=1S/C19H25N5O3/c1-4-23-7-9-24(10-8-23)18(25)14-12-20-19(21-13-14)22-16-6-5-15(26-2)11-17(16)27-3/h5-6,11-13H,4,7-10H2,1-3H3,(H,20,21,22). The van der Waals surface area contributed by atoms with Crippen molar-refractivity contribution < 1.29 is 14.3 Å².